The van der Waals surface area contributed by atoms with Crippen LogP contribution in [-0.2, 0) is 9.53 Å². The van der Waals surface area contributed by atoms with Crippen LogP contribution in [-0.4, -0.2) is 38.6 Å². The maximum absolute atomic E-state index is 12.1. The van der Waals surface area contributed by atoms with E-state index in [9.17, 15) is 9.59 Å². The first kappa shape index (κ1) is 13.5. The maximum Gasteiger partial charge on any atom is 0.337 e. The molecule has 1 aliphatic rings. The van der Waals surface area contributed by atoms with E-state index in [2.05, 4.69) is 5.32 Å². The molecule has 5 heteroatoms. The molecule has 0 spiro atoms. The second kappa shape index (κ2) is 6.33. The number of esters is 1. The fourth-order valence-electron chi connectivity index (χ4n) is 2.13. The predicted molar refractivity (Wildman–Crippen MR) is 72.2 cm³/mol. The van der Waals surface area contributed by atoms with Gasteiger partial charge in [0.15, 0.2) is 0 Å². The van der Waals surface area contributed by atoms with Crippen molar-refractivity contribution in [3.8, 4) is 0 Å². The number of rotatable bonds is 2. The van der Waals surface area contributed by atoms with Crippen LogP contribution in [0.2, 0.25) is 0 Å². The Morgan fingerprint density at radius 1 is 1.37 bits per heavy atom. The summed E-state index contributed by atoms with van der Waals surface area (Å²) in [6, 6.07) is 6.99. The van der Waals surface area contributed by atoms with Gasteiger partial charge in [0.1, 0.15) is 0 Å². The van der Waals surface area contributed by atoms with E-state index in [0.717, 1.165) is 25.2 Å². The third-order valence-corrected chi connectivity index (χ3v) is 3.14. The van der Waals surface area contributed by atoms with Crippen molar-refractivity contribution in [1.29, 1.82) is 0 Å². The summed E-state index contributed by atoms with van der Waals surface area (Å²) in [7, 11) is 1.35. The number of nitrogens with zero attached hydrogens (tertiary/aromatic N) is 1. The lowest BCUT2D eigenvalue weighted by Gasteiger charge is -2.25. The molecule has 0 saturated carbocycles. The Balaban J connectivity index is 2.23. The zero-order valence-electron chi connectivity index (χ0n) is 11.0. The number of carbonyl (C=O) groups excluding carboxylic acids is 2. The number of ether oxygens (including phenoxy) is 1. The van der Waals surface area contributed by atoms with Crippen molar-refractivity contribution in [3.05, 3.63) is 29.8 Å². The lowest BCUT2D eigenvalue weighted by Crippen LogP contribution is -2.40. The van der Waals surface area contributed by atoms with Gasteiger partial charge in [-0.05, 0) is 31.2 Å². The second-order valence-corrected chi connectivity index (χ2v) is 4.44. The molecule has 1 aromatic rings. The van der Waals surface area contributed by atoms with Crippen molar-refractivity contribution in [3.63, 3.8) is 0 Å². The number of benzene rings is 1. The van der Waals surface area contributed by atoms with Crippen molar-refractivity contribution in [2.45, 2.75) is 12.8 Å². The first-order valence-electron chi connectivity index (χ1n) is 6.42. The van der Waals surface area contributed by atoms with Crippen LogP contribution in [0.1, 0.15) is 23.2 Å². The molecule has 1 fully saturated rings. The summed E-state index contributed by atoms with van der Waals surface area (Å²) in [5.74, 6) is -0.289. The average Bonchev–Trinajstić information content (AvgIpc) is 2.42. The Kier molecular flexibility index (Phi) is 4.52. The van der Waals surface area contributed by atoms with Crippen LogP contribution >= 0.6 is 0 Å². The SMILES string of the molecule is COC(=O)c1cccc(N2CCNCCCC2=O)c1. The zero-order chi connectivity index (χ0) is 13.7. The molecule has 1 heterocycles. The Morgan fingerprint density at radius 3 is 3.00 bits per heavy atom. The molecular formula is C14H18N2O3. The van der Waals surface area contributed by atoms with Crippen LogP contribution in [0.5, 0.6) is 0 Å². The van der Waals surface area contributed by atoms with E-state index in [1.807, 2.05) is 6.07 Å². The van der Waals surface area contributed by atoms with Crippen molar-refractivity contribution in [2.75, 3.05) is 31.6 Å². The Labute approximate surface area is 112 Å². The van der Waals surface area contributed by atoms with E-state index in [-0.39, 0.29) is 11.9 Å². The van der Waals surface area contributed by atoms with Crippen LogP contribution in [0.3, 0.4) is 0 Å². The highest BCUT2D eigenvalue weighted by Crippen LogP contribution is 2.18. The summed E-state index contributed by atoms with van der Waals surface area (Å²) in [6.07, 6.45) is 1.36. The standard InChI is InChI=1S/C14H18N2O3/c1-19-14(18)11-4-2-5-12(10-11)16-9-8-15-7-3-6-13(16)17/h2,4-5,10,15H,3,6-9H2,1H3. The number of hydrogen-bond donors (Lipinski definition) is 1. The van der Waals surface area contributed by atoms with Gasteiger partial charge in [0.2, 0.25) is 5.91 Å². The van der Waals surface area contributed by atoms with Gasteiger partial charge < -0.3 is 15.0 Å². The number of hydrogen-bond acceptors (Lipinski definition) is 4. The maximum atomic E-state index is 12.1. The Bertz CT molecular complexity index is 474. The lowest BCUT2D eigenvalue weighted by atomic mass is 10.1. The molecule has 1 saturated heterocycles. The van der Waals surface area contributed by atoms with E-state index in [1.54, 1.807) is 23.1 Å². The van der Waals surface area contributed by atoms with Crippen molar-refractivity contribution in [2.24, 2.45) is 0 Å². The van der Waals surface area contributed by atoms with Crippen LogP contribution < -0.4 is 10.2 Å². The quantitative estimate of drug-likeness (QED) is 0.813. The van der Waals surface area contributed by atoms with Crippen molar-refractivity contribution < 1.29 is 14.3 Å². The van der Waals surface area contributed by atoms with Gasteiger partial charge in [0, 0.05) is 25.2 Å². The van der Waals surface area contributed by atoms with Gasteiger partial charge in [-0.3, -0.25) is 4.79 Å². The van der Waals surface area contributed by atoms with E-state index in [1.165, 1.54) is 7.11 Å². The largest absolute Gasteiger partial charge is 0.465 e. The van der Waals surface area contributed by atoms with Crippen LogP contribution in [0.15, 0.2) is 24.3 Å². The van der Waals surface area contributed by atoms with Gasteiger partial charge in [0.05, 0.1) is 12.7 Å². The van der Waals surface area contributed by atoms with Crippen molar-refractivity contribution in [1.82, 2.24) is 5.32 Å². The highest BCUT2D eigenvalue weighted by molar-refractivity contribution is 5.96. The Morgan fingerprint density at radius 2 is 2.21 bits per heavy atom. The first-order valence-corrected chi connectivity index (χ1v) is 6.42. The smallest absolute Gasteiger partial charge is 0.337 e. The van der Waals surface area contributed by atoms with Gasteiger partial charge in [-0.2, -0.15) is 0 Å². The monoisotopic (exact) mass is 262 g/mol. The molecule has 1 aliphatic heterocycles. The van der Waals surface area contributed by atoms with E-state index >= 15 is 0 Å². The van der Waals surface area contributed by atoms with E-state index in [0.29, 0.717) is 18.5 Å². The Hall–Kier alpha value is -1.88. The molecule has 1 amide bonds. The second-order valence-electron chi connectivity index (χ2n) is 4.44. The van der Waals surface area contributed by atoms with Gasteiger partial charge in [0.25, 0.3) is 0 Å². The van der Waals surface area contributed by atoms with E-state index in [4.69, 9.17) is 4.74 Å². The number of amides is 1. The molecule has 1 aromatic carbocycles. The van der Waals surface area contributed by atoms with Gasteiger partial charge in [-0.15, -0.1) is 0 Å². The fourth-order valence-corrected chi connectivity index (χ4v) is 2.13. The first-order chi connectivity index (χ1) is 9.22. The lowest BCUT2D eigenvalue weighted by molar-refractivity contribution is -0.118. The number of anilines is 1. The highest BCUT2D eigenvalue weighted by Gasteiger charge is 2.18. The molecule has 0 radical (unpaired) electrons. The summed E-state index contributed by atoms with van der Waals surface area (Å²) in [5.41, 5.74) is 1.21. The summed E-state index contributed by atoms with van der Waals surface area (Å²) in [5, 5.41) is 3.27. The summed E-state index contributed by atoms with van der Waals surface area (Å²) >= 11 is 0. The molecule has 19 heavy (non-hydrogen) atoms. The minimum absolute atomic E-state index is 0.100. The highest BCUT2D eigenvalue weighted by atomic mass is 16.5. The van der Waals surface area contributed by atoms with Crippen molar-refractivity contribution >= 4 is 17.6 Å². The topological polar surface area (TPSA) is 58.6 Å². The molecule has 0 aliphatic carbocycles. The summed E-state index contributed by atoms with van der Waals surface area (Å²) in [4.78, 5) is 25.3. The normalized spacial score (nSPS) is 16.7. The van der Waals surface area contributed by atoms with Gasteiger partial charge in [-0.1, -0.05) is 6.07 Å². The molecule has 1 N–H and O–H groups in total. The molecule has 0 aromatic heterocycles. The van der Waals surface area contributed by atoms with Crippen LogP contribution in [0, 0.1) is 0 Å². The van der Waals surface area contributed by atoms with Crippen LogP contribution in [0.4, 0.5) is 5.69 Å². The van der Waals surface area contributed by atoms with Gasteiger partial charge in [-0.25, -0.2) is 4.79 Å². The molecule has 0 unspecified atom stereocenters. The predicted octanol–water partition coefficient (Wildman–Crippen LogP) is 1.19. The third-order valence-electron chi connectivity index (χ3n) is 3.14. The van der Waals surface area contributed by atoms with Crippen LogP contribution in [0.25, 0.3) is 0 Å². The molecule has 102 valence electrons. The molecule has 2 rings (SSSR count). The average molecular weight is 262 g/mol. The summed E-state index contributed by atoms with van der Waals surface area (Å²) in [6.45, 7) is 2.25. The molecular weight excluding hydrogens is 244 g/mol. The zero-order valence-corrected chi connectivity index (χ0v) is 11.0. The number of methoxy groups -OCH3 is 1. The fraction of sp³-hybridized carbons (Fsp3) is 0.429. The van der Waals surface area contributed by atoms with Gasteiger partial charge >= 0.3 is 5.97 Å². The number of carbonyl (C=O) groups is 2. The molecule has 5 nitrogen and oxygen atoms in total. The third kappa shape index (κ3) is 3.32. The minimum atomic E-state index is -0.389. The van der Waals surface area contributed by atoms with E-state index < -0.39 is 0 Å². The minimum Gasteiger partial charge on any atom is -0.465 e. The summed E-state index contributed by atoms with van der Waals surface area (Å²) < 4.78 is 4.70. The molecule has 0 atom stereocenters. The molecule has 0 bridgehead atoms. The number of nitrogens with one attached hydrogen (secondary N) is 1.